The Morgan fingerprint density at radius 3 is 2.18 bits per heavy atom. The number of piperidine rings is 1. The maximum atomic E-state index is 14.7. The summed E-state index contributed by atoms with van der Waals surface area (Å²) in [6.45, 7) is 2.40. The number of aryl methyl sites for hydroxylation is 1. The summed E-state index contributed by atoms with van der Waals surface area (Å²) in [7, 11) is 1.42. The van der Waals surface area contributed by atoms with E-state index in [1.165, 1.54) is 41.9 Å². The fraction of sp³-hybridized carbons (Fsp3) is 0.432. The Hall–Kier alpha value is -4.32. The Bertz CT molecular complexity index is 1970. The fourth-order valence-electron chi connectivity index (χ4n) is 7.61. The van der Waals surface area contributed by atoms with Gasteiger partial charge in [0.15, 0.2) is 0 Å². The predicted molar refractivity (Wildman–Crippen MR) is 177 cm³/mol. The predicted octanol–water partition coefficient (Wildman–Crippen LogP) is 7.17. The van der Waals surface area contributed by atoms with Crippen LogP contribution < -0.4 is 10.9 Å². The number of pyridine rings is 1. The molecule has 2 fully saturated rings. The number of rotatable bonds is 7. The number of alkyl halides is 5. The van der Waals surface area contributed by atoms with Crippen LogP contribution in [0.2, 0.25) is 0 Å². The summed E-state index contributed by atoms with van der Waals surface area (Å²) in [5.41, 5.74) is -2.52. The number of hydrogen-bond acceptors (Lipinski definition) is 4. The summed E-state index contributed by atoms with van der Waals surface area (Å²) in [6, 6.07) is 14.1. The summed E-state index contributed by atoms with van der Waals surface area (Å²) in [4.78, 5) is 41.7. The van der Waals surface area contributed by atoms with E-state index in [2.05, 4.69) is 10.2 Å². The Morgan fingerprint density at radius 2 is 1.53 bits per heavy atom. The monoisotopic (exact) mass is 683 g/mol. The smallest absolute Gasteiger partial charge is 0.417 e. The number of hydrogen-bond donors (Lipinski definition) is 2. The summed E-state index contributed by atoms with van der Waals surface area (Å²) in [5, 5.41) is 13.6. The van der Waals surface area contributed by atoms with Crippen LogP contribution in [-0.2, 0) is 29.2 Å². The molecule has 0 spiro atoms. The van der Waals surface area contributed by atoms with Crippen LogP contribution in [0.15, 0.2) is 65.5 Å². The van der Waals surface area contributed by atoms with Crippen LogP contribution in [0, 0.1) is 5.41 Å². The molecule has 1 amide bonds. The molecule has 6 rings (SSSR count). The van der Waals surface area contributed by atoms with Crippen LogP contribution in [0.1, 0.15) is 56.6 Å². The number of carboxylic acids is 1. The molecule has 1 saturated heterocycles. The minimum Gasteiger partial charge on any atom is -0.480 e. The molecule has 1 aliphatic heterocycles. The molecular formula is C37H38F5N3O4. The summed E-state index contributed by atoms with van der Waals surface area (Å²) < 4.78 is 72.6. The van der Waals surface area contributed by atoms with E-state index in [4.69, 9.17) is 0 Å². The van der Waals surface area contributed by atoms with Gasteiger partial charge in [0, 0.05) is 56.2 Å². The van der Waals surface area contributed by atoms with Crippen LogP contribution in [0.4, 0.5) is 22.0 Å². The van der Waals surface area contributed by atoms with Gasteiger partial charge in [0.05, 0.1) is 16.6 Å². The van der Waals surface area contributed by atoms with Crippen molar-refractivity contribution in [1.29, 1.82) is 0 Å². The number of carboxylic acid groups (broad SMARTS) is 1. The van der Waals surface area contributed by atoms with Crippen molar-refractivity contribution >= 4 is 33.6 Å². The summed E-state index contributed by atoms with van der Waals surface area (Å²) >= 11 is 0. The quantitative estimate of drug-likeness (QED) is 0.202. The molecule has 2 heterocycles. The normalized spacial score (nSPS) is 22.2. The van der Waals surface area contributed by atoms with Crippen molar-refractivity contribution in [3.63, 3.8) is 0 Å². The van der Waals surface area contributed by atoms with E-state index in [9.17, 15) is 41.4 Å². The number of carbonyl (C=O) groups is 2. The molecule has 1 aliphatic carbocycles. The lowest BCUT2D eigenvalue weighted by atomic mass is 9.72. The first-order chi connectivity index (χ1) is 23.1. The van der Waals surface area contributed by atoms with Crippen molar-refractivity contribution in [3.05, 3.63) is 82.1 Å². The standard InChI is InChI=1S/C37H38F5N3O4/c1-35(15-13-23(14-16-35)45-19-17-36(38,39)18-20-45)34(49)43-28(33(47)48)21-22-7-5-10-25-24(22)9-6-11-26(25)30-31(37(40,41)42)27-8-3-4-12-29(27)44(2)32(30)46/h3-12,23,28H,13-21H2,1-2H3,(H,43,49)(H,47,48)/t23?,28-,35?/m0/s1. The molecule has 12 heteroatoms. The number of amides is 1. The largest absolute Gasteiger partial charge is 0.480 e. The first kappa shape index (κ1) is 34.5. The van der Waals surface area contributed by atoms with E-state index in [0.29, 0.717) is 55.1 Å². The van der Waals surface area contributed by atoms with Crippen molar-refractivity contribution in [2.24, 2.45) is 12.5 Å². The number of nitrogens with zero attached hydrogens (tertiary/aromatic N) is 2. The van der Waals surface area contributed by atoms with Gasteiger partial charge in [-0.15, -0.1) is 0 Å². The minimum absolute atomic E-state index is 0.0654. The molecule has 0 radical (unpaired) electrons. The van der Waals surface area contributed by atoms with Crippen LogP contribution in [0.25, 0.3) is 32.8 Å². The zero-order valence-corrected chi connectivity index (χ0v) is 27.2. The molecule has 260 valence electrons. The number of carbonyl (C=O) groups excluding carboxylic acids is 1. The second-order valence-corrected chi connectivity index (χ2v) is 13.7. The van der Waals surface area contributed by atoms with Gasteiger partial charge in [-0.3, -0.25) is 14.5 Å². The van der Waals surface area contributed by atoms with Crippen LogP contribution >= 0.6 is 0 Å². The zero-order chi connectivity index (χ0) is 35.3. The Morgan fingerprint density at radius 1 is 0.918 bits per heavy atom. The van der Waals surface area contributed by atoms with Gasteiger partial charge in [0.1, 0.15) is 6.04 Å². The highest BCUT2D eigenvalue weighted by Crippen LogP contribution is 2.43. The molecule has 1 atom stereocenters. The van der Waals surface area contributed by atoms with E-state index in [-0.39, 0.29) is 41.8 Å². The number of halogens is 5. The molecule has 2 N–H and O–H groups in total. The third kappa shape index (κ3) is 6.67. The average molecular weight is 684 g/mol. The average Bonchev–Trinajstić information content (AvgIpc) is 3.05. The Kier molecular flexibility index (Phi) is 9.06. The van der Waals surface area contributed by atoms with Gasteiger partial charge in [-0.1, -0.05) is 61.5 Å². The highest BCUT2D eigenvalue weighted by atomic mass is 19.4. The van der Waals surface area contributed by atoms with Gasteiger partial charge in [-0.05, 0) is 53.6 Å². The maximum Gasteiger partial charge on any atom is 0.417 e. The van der Waals surface area contributed by atoms with Gasteiger partial charge in [-0.25, -0.2) is 13.6 Å². The molecule has 3 aromatic carbocycles. The van der Waals surface area contributed by atoms with E-state index < -0.39 is 52.1 Å². The van der Waals surface area contributed by atoms with Crippen molar-refractivity contribution in [3.8, 4) is 11.1 Å². The molecular weight excluding hydrogens is 645 g/mol. The van der Waals surface area contributed by atoms with Gasteiger partial charge in [0.25, 0.3) is 11.5 Å². The fourth-order valence-corrected chi connectivity index (χ4v) is 7.61. The molecule has 1 saturated carbocycles. The molecule has 0 bridgehead atoms. The summed E-state index contributed by atoms with van der Waals surface area (Å²) in [6.07, 6.45) is -3.14. The second kappa shape index (κ2) is 12.9. The molecule has 4 aromatic rings. The van der Waals surface area contributed by atoms with E-state index in [1.54, 1.807) is 37.3 Å². The second-order valence-electron chi connectivity index (χ2n) is 13.7. The summed E-state index contributed by atoms with van der Waals surface area (Å²) in [5.74, 6) is -4.33. The number of nitrogens with one attached hydrogen (secondary N) is 1. The lowest BCUT2D eigenvalue weighted by Gasteiger charge is -2.43. The number of para-hydroxylation sites is 1. The molecule has 7 nitrogen and oxygen atoms in total. The number of likely N-dealkylation sites (tertiary alicyclic amines) is 1. The van der Waals surface area contributed by atoms with Crippen molar-refractivity contribution in [2.45, 2.75) is 76.1 Å². The van der Waals surface area contributed by atoms with Crippen molar-refractivity contribution in [2.75, 3.05) is 13.1 Å². The van der Waals surface area contributed by atoms with Gasteiger partial charge < -0.3 is 15.0 Å². The number of benzene rings is 3. The number of aromatic nitrogens is 1. The van der Waals surface area contributed by atoms with E-state index in [1.807, 2.05) is 0 Å². The van der Waals surface area contributed by atoms with Crippen molar-refractivity contribution < 1.29 is 36.6 Å². The first-order valence-corrected chi connectivity index (χ1v) is 16.5. The van der Waals surface area contributed by atoms with E-state index >= 15 is 0 Å². The van der Waals surface area contributed by atoms with E-state index in [0.717, 1.165) is 0 Å². The Balaban J connectivity index is 1.28. The molecule has 49 heavy (non-hydrogen) atoms. The van der Waals surface area contributed by atoms with Gasteiger partial charge >= 0.3 is 12.1 Å². The van der Waals surface area contributed by atoms with Gasteiger partial charge in [0.2, 0.25) is 5.91 Å². The first-order valence-electron chi connectivity index (χ1n) is 16.5. The Labute approximate surface area is 279 Å². The van der Waals surface area contributed by atoms with Crippen molar-refractivity contribution in [1.82, 2.24) is 14.8 Å². The van der Waals surface area contributed by atoms with Crippen LogP contribution in [0.3, 0.4) is 0 Å². The SMILES string of the molecule is Cn1c(=O)c(-c2cccc3c(C[C@H](NC(=O)C4(C)CCC(N5CCC(F)(F)CC5)CC4)C(=O)O)cccc23)c(C(F)(F)F)c2ccccc21. The molecule has 0 unspecified atom stereocenters. The highest BCUT2D eigenvalue weighted by Gasteiger charge is 2.43. The van der Waals surface area contributed by atoms with Crippen LogP contribution in [0.5, 0.6) is 0 Å². The maximum absolute atomic E-state index is 14.7. The lowest BCUT2D eigenvalue weighted by Crippen LogP contribution is -2.52. The number of aliphatic carboxylic acids is 1. The third-order valence-corrected chi connectivity index (χ3v) is 10.5. The molecule has 2 aliphatic rings. The third-order valence-electron chi connectivity index (χ3n) is 10.5. The van der Waals surface area contributed by atoms with Gasteiger partial charge in [-0.2, -0.15) is 13.2 Å². The number of fused-ring (bicyclic) bond motifs is 2. The minimum atomic E-state index is -4.85. The van der Waals surface area contributed by atoms with Crippen LogP contribution in [-0.4, -0.2) is 57.5 Å². The highest BCUT2D eigenvalue weighted by molar-refractivity contribution is 6.02. The lowest BCUT2D eigenvalue weighted by molar-refractivity contribution is -0.144. The topological polar surface area (TPSA) is 91.6 Å². The molecule has 1 aromatic heterocycles. The zero-order valence-electron chi connectivity index (χ0n) is 27.2.